The third kappa shape index (κ3) is 21.0. The molecule has 0 amide bonds. The van der Waals surface area contributed by atoms with Crippen molar-refractivity contribution in [1.82, 2.24) is 0 Å². The first-order chi connectivity index (χ1) is 12.7. The largest absolute Gasteiger partial charge is 0.481 e. The molecule has 0 aromatic rings. The average molecular weight is 371 g/mol. The molecular weight excluding hydrogens is 328 g/mol. The molecule has 154 valence electrons. The van der Waals surface area contributed by atoms with Gasteiger partial charge in [-0.2, -0.15) is 0 Å². The van der Waals surface area contributed by atoms with Gasteiger partial charge >= 0.3 is 11.9 Å². The van der Waals surface area contributed by atoms with E-state index in [0.717, 1.165) is 57.8 Å². The Bertz CT molecular complexity index is 328. The number of esters is 1. The third-order valence-electron chi connectivity index (χ3n) is 4.78. The highest BCUT2D eigenvalue weighted by Crippen LogP contribution is 2.11. The summed E-state index contributed by atoms with van der Waals surface area (Å²) >= 11 is 0. The normalized spacial score (nSPS) is 10.8. The van der Waals surface area contributed by atoms with Crippen LogP contribution in [0.4, 0.5) is 0 Å². The maximum absolute atomic E-state index is 11.6. The van der Waals surface area contributed by atoms with Crippen molar-refractivity contribution in [2.45, 2.75) is 122 Å². The minimum absolute atomic E-state index is 0.0402. The van der Waals surface area contributed by atoms with Crippen LogP contribution in [0.2, 0.25) is 0 Å². The standard InChI is InChI=1S/C22H42O4/c1-2-3-4-5-6-7-10-13-16-19-22(25)26-20-17-14-11-8-9-12-15-18-21(23)24/h2-20H2,1H3,(H,23,24). The topological polar surface area (TPSA) is 63.6 Å². The monoisotopic (exact) mass is 370 g/mol. The van der Waals surface area contributed by atoms with Gasteiger partial charge in [0, 0.05) is 12.8 Å². The summed E-state index contributed by atoms with van der Waals surface area (Å²) in [4.78, 5) is 22.0. The first-order valence-corrected chi connectivity index (χ1v) is 11.0. The van der Waals surface area contributed by atoms with Gasteiger partial charge < -0.3 is 9.84 Å². The number of carbonyl (C=O) groups excluding carboxylic acids is 1. The molecule has 0 heterocycles. The number of carboxylic acid groups (broad SMARTS) is 1. The quantitative estimate of drug-likeness (QED) is 0.192. The van der Waals surface area contributed by atoms with Gasteiger partial charge in [0.25, 0.3) is 0 Å². The molecule has 0 radical (unpaired) electrons. The van der Waals surface area contributed by atoms with E-state index in [2.05, 4.69) is 6.92 Å². The third-order valence-corrected chi connectivity index (χ3v) is 4.78. The van der Waals surface area contributed by atoms with Gasteiger partial charge in [0.15, 0.2) is 0 Å². The van der Waals surface area contributed by atoms with Crippen LogP contribution in [0.1, 0.15) is 122 Å². The van der Waals surface area contributed by atoms with Crippen LogP contribution in [0.25, 0.3) is 0 Å². The van der Waals surface area contributed by atoms with Crippen LogP contribution in [0.3, 0.4) is 0 Å². The van der Waals surface area contributed by atoms with Crippen molar-refractivity contribution >= 4 is 11.9 Å². The van der Waals surface area contributed by atoms with E-state index in [-0.39, 0.29) is 12.4 Å². The minimum Gasteiger partial charge on any atom is -0.481 e. The fourth-order valence-electron chi connectivity index (χ4n) is 3.10. The van der Waals surface area contributed by atoms with Gasteiger partial charge in [-0.15, -0.1) is 0 Å². The second kappa shape index (κ2) is 20.3. The highest BCUT2D eigenvalue weighted by Gasteiger charge is 2.02. The van der Waals surface area contributed by atoms with Crippen molar-refractivity contribution < 1.29 is 19.4 Å². The van der Waals surface area contributed by atoms with E-state index in [1.807, 2.05) is 0 Å². The van der Waals surface area contributed by atoms with E-state index in [9.17, 15) is 9.59 Å². The molecule has 0 aliphatic heterocycles. The summed E-state index contributed by atoms with van der Waals surface area (Å²) in [5.41, 5.74) is 0. The number of carbonyl (C=O) groups is 2. The summed E-state index contributed by atoms with van der Waals surface area (Å²) in [7, 11) is 0. The Labute approximate surface area is 161 Å². The van der Waals surface area contributed by atoms with Crippen LogP contribution in [0, 0.1) is 0 Å². The Balaban J connectivity index is 3.16. The summed E-state index contributed by atoms with van der Waals surface area (Å²) in [6.07, 6.45) is 19.4. The highest BCUT2D eigenvalue weighted by molar-refractivity contribution is 5.69. The molecule has 26 heavy (non-hydrogen) atoms. The number of unbranched alkanes of at least 4 members (excludes halogenated alkanes) is 14. The van der Waals surface area contributed by atoms with Crippen LogP contribution in [-0.2, 0) is 14.3 Å². The molecular formula is C22H42O4. The van der Waals surface area contributed by atoms with Crippen LogP contribution in [0.5, 0.6) is 0 Å². The molecule has 0 bridgehead atoms. The number of hydrogen-bond acceptors (Lipinski definition) is 3. The molecule has 4 nitrogen and oxygen atoms in total. The number of rotatable bonds is 20. The molecule has 0 atom stereocenters. The van der Waals surface area contributed by atoms with Crippen LogP contribution in [-0.4, -0.2) is 23.7 Å². The summed E-state index contributed by atoms with van der Waals surface area (Å²) in [5.74, 6) is -0.740. The minimum atomic E-state index is -0.700. The number of hydrogen-bond donors (Lipinski definition) is 1. The summed E-state index contributed by atoms with van der Waals surface area (Å²) in [5, 5.41) is 8.54. The van der Waals surface area contributed by atoms with E-state index in [1.165, 1.54) is 44.9 Å². The molecule has 1 N–H and O–H groups in total. The fourth-order valence-corrected chi connectivity index (χ4v) is 3.10. The van der Waals surface area contributed by atoms with E-state index in [0.29, 0.717) is 13.0 Å². The molecule has 0 unspecified atom stereocenters. The van der Waals surface area contributed by atoms with Crippen molar-refractivity contribution in [1.29, 1.82) is 0 Å². The molecule has 0 fully saturated rings. The van der Waals surface area contributed by atoms with Crippen molar-refractivity contribution in [2.24, 2.45) is 0 Å². The van der Waals surface area contributed by atoms with Crippen molar-refractivity contribution in [3.63, 3.8) is 0 Å². The number of ether oxygens (including phenoxy) is 1. The van der Waals surface area contributed by atoms with Gasteiger partial charge in [-0.25, -0.2) is 0 Å². The van der Waals surface area contributed by atoms with Gasteiger partial charge in [-0.05, 0) is 19.3 Å². The van der Waals surface area contributed by atoms with Gasteiger partial charge in [0.05, 0.1) is 6.61 Å². The lowest BCUT2D eigenvalue weighted by Crippen LogP contribution is -2.05. The van der Waals surface area contributed by atoms with Gasteiger partial charge in [-0.1, -0.05) is 90.4 Å². The molecule has 4 heteroatoms. The zero-order valence-corrected chi connectivity index (χ0v) is 17.1. The van der Waals surface area contributed by atoms with Crippen molar-refractivity contribution in [3.8, 4) is 0 Å². The zero-order valence-electron chi connectivity index (χ0n) is 17.1. The predicted molar refractivity (Wildman–Crippen MR) is 107 cm³/mol. The lowest BCUT2D eigenvalue weighted by molar-refractivity contribution is -0.144. The summed E-state index contributed by atoms with van der Waals surface area (Å²) in [6.45, 7) is 2.79. The number of carboxylic acids is 1. The summed E-state index contributed by atoms with van der Waals surface area (Å²) < 4.78 is 5.28. The molecule has 0 aromatic heterocycles. The Kier molecular flexibility index (Phi) is 19.4. The fraction of sp³-hybridized carbons (Fsp3) is 0.909. The van der Waals surface area contributed by atoms with Crippen molar-refractivity contribution in [3.05, 3.63) is 0 Å². The molecule has 0 saturated carbocycles. The lowest BCUT2D eigenvalue weighted by atomic mass is 10.1. The van der Waals surface area contributed by atoms with Gasteiger partial charge in [0.1, 0.15) is 0 Å². The van der Waals surface area contributed by atoms with E-state index >= 15 is 0 Å². The molecule has 0 spiro atoms. The maximum atomic E-state index is 11.6. The van der Waals surface area contributed by atoms with E-state index in [1.54, 1.807) is 0 Å². The maximum Gasteiger partial charge on any atom is 0.305 e. The second-order valence-corrected chi connectivity index (χ2v) is 7.42. The lowest BCUT2D eigenvalue weighted by Gasteiger charge is -2.05. The molecule has 0 aliphatic carbocycles. The molecule has 0 aliphatic rings. The Hall–Kier alpha value is -1.06. The molecule has 0 saturated heterocycles. The Morgan fingerprint density at radius 2 is 1.04 bits per heavy atom. The van der Waals surface area contributed by atoms with Gasteiger partial charge in [-0.3, -0.25) is 9.59 Å². The first kappa shape index (κ1) is 24.9. The van der Waals surface area contributed by atoms with Crippen molar-refractivity contribution in [2.75, 3.05) is 6.61 Å². The number of aliphatic carboxylic acids is 1. The SMILES string of the molecule is CCCCCCCCCCCC(=O)OCCCCCCCCCC(=O)O. The molecule has 0 rings (SSSR count). The van der Waals surface area contributed by atoms with Crippen LogP contribution in [0.15, 0.2) is 0 Å². The van der Waals surface area contributed by atoms with Gasteiger partial charge in [0.2, 0.25) is 0 Å². The smallest absolute Gasteiger partial charge is 0.305 e. The predicted octanol–water partition coefficient (Wildman–Crippen LogP) is 6.66. The van der Waals surface area contributed by atoms with E-state index in [4.69, 9.17) is 9.84 Å². The zero-order chi connectivity index (χ0) is 19.3. The second-order valence-electron chi connectivity index (χ2n) is 7.42. The highest BCUT2D eigenvalue weighted by atomic mass is 16.5. The Morgan fingerprint density at radius 1 is 0.615 bits per heavy atom. The molecule has 0 aromatic carbocycles. The summed E-state index contributed by atoms with van der Waals surface area (Å²) in [6, 6.07) is 0. The average Bonchev–Trinajstić information content (AvgIpc) is 2.61. The van der Waals surface area contributed by atoms with E-state index < -0.39 is 5.97 Å². The van der Waals surface area contributed by atoms with Crippen LogP contribution >= 0.6 is 0 Å². The van der Waals surface area contributed by atoms with Crippen LogP contribution < -0.4 is 0 Å². The first-order valence-electron chi connectivity index (χ1n) is 11.0. The Morgan fingerprint density at radius 3 is 1.54 bits per heavy atom.